The van der Waals surface area contributed by atoms with Gasteiger partial charge in [-0.1, -0.05) is 37.2 Å². The van der Waals surface area contributed by atoms with Crippen LogP contribution >= 0.6 is 23.4 Å². The van der Waals surface area contributed by atoms with E-state index in [4.69, 9.17) is 11.6 Å². The molecule has 1 aromatic rings. The average Bonchev–Trinajstić information content (AvgIpc) is 2.56. The highest BCUT2D eigenvalue weighted by atomic mass is 35.5. The van der Waals surface area contributed by atoms with Gasteiger partial charge in [0.05, 0.1) is 33.7 Å². The predicted molar refractivity (Wildman–Crippen MR) is 101 cm³/mol. The van der Waals surface area contributed by atoms with Crippen LogP contribution in [0.2, 0.25) is 5.02 Å². The number of rotatable bonds is 4. The maximum atomic E-state index is 13.8. The summed E-state index contributed by atoms with van der Waals surface area (Å²) in [6.07, 6.45) is 0. The van der Waals surface area contributed by atoms with Gasteiger partial charge in [0.1, 0.15) is 11.7 Å². The van der Waals surface area contributed by atoms with Gasteiger partial charge in [-0.05, 0) is 25.1 Å². The van der Waals surface area contributed by atoms with E-state index in [1.54, 1.807) is 20.8 Å². The molecule has 0 saturated heterocycles. The molecular weight excluding hydrogens is 391 g/mol. The molecule has 0 spiro atoms. The van der Waals surface area contributed by atoms with Gasteiger partial charge in [-0.25, -0.2) is 4.39 Å². The van der Waals surface area contributed by atoms with E-state index in [1.807, 2.05) is 12.1 Å². The summed E-state index contributed by atoms with van der Waals surface area (Å²) in [6, 6.07) is 7.80. The minimum atomic E-state index is -1.01. The molecule has 1 aromatic carbocycles. The van der Waals surface area contributed by atoms with Crippen molar-refractivity contribution in [2.24, 2.45) is 11.3 Å². The zero-order chi connectivity index (χ0) is 20.4. The Bertz CT molecular complexity index is 917. The number of nitrogens with one attached hydrogen (secondary N) is 2. The second-order valence-corrected chi connectivity index (χ2v) is 8.25. The van der Waals surface area contributed by atoms with Crippen LogP contribution in [0, 0.1) is 39.8 Å². The third-order valence-corrected chi connectivity index (χ3v) is 5.53. The Hall–Kier alpha value is -2.55. The van der Waals surface area contributed by atoms with E-state index in [1.165, 1.54) is 12.1 Å². The molecule has 0 aliphatic carbocycles. The molecule has 2 rings (SSSR count). The Labute approximate surface area is 165 Å². The Morgan fingerprint density at radius 3 is 2.67 bits per heavy atom. The molecule has 0 unspecified atom stereocenters. The lowest BCUT2D eigenvalue weighted by Crippen LogP contribution is -2.45. The van der Waals surface area contributed by atoms with Gasteiger partial charge in [0.2, 0.25) is 11.8 Å². The maximum Gasteiger partial charge on any atom is 0.243 e. The molecule has 27 heavy (non-hydrogen) atoms. The molecule has 2 amide bonds. The van der Waals surface area contributed by atoms with E-state index in [2.05, 4.69) is 10.6 Å². The number of amides is 2. The lowest BCUT2D eigenvalue weighted by molar-refractivity contribution is -0.125. The van der Waals surface area contributed by atoms with Gasteiger partial charge < -0.3 is 10.6 Å². The van der Waals surface area contributed by atoms with Crippen LogP contribution in [-0.4, -0.2) is 17.1 Å². The predicted octanol–water partition coefficient (Wildman–Crippen LogP) is 3.57. The summed E-state index contributed by atoms with van der Waals surface area (Å²) in [7, 11) is 0. The number of hydrogen-bond acceptors (Lipinski definition) is 5. The maximum absolute atomic E-state index is 13.8. The van der Waals surface area contributed by atoms with Crippen LogP contribution < -0.4 is 10.6 Å². The highest BCUT2D eigenvalue weighted by Crippen LogP contribution is 2.42. The summed E-state index contributed by atoms with van der Waals surface area (Å²) in [6.45, 7) is 4.82. The van der Waals surface area contributed by atoms with Crippen LogP contribution in [0.5, 0.6) is 0 Å². The summed E-state index contributed by atoms with van der Waals surface area (Å²) >= 11 is 6.65. The molecule has 1 aliphatic heterocycles. The van der Waals surface area contributed by atoms with Crippen molar-refractivity contribution in [2.45, 2.75) is 26.0 Å². The first kappa shape index (κ1) is 20.8. The summed E-state index contributed by atoms with van der Waals surface area (Å²) in [5.41, 5.74) is -0.799. The average molecular weight is 407 g/mol. The molecule has 2 atom stereocenters. The van der Waals surface area contributed by atoms with E-state index < -0.39 is 34.2 Å². The number of thioether (sulfide) groups is 1. The third-order valence-electron chi connectivity index (χ3n) is 4.19. The summed E-state index contributed by atoms with van der Waals surface area (Å²) in [5.74, 6) is -2.72. The number of carbonyl (C=O) groups is 2. The highest BCUT2D eigenvalue weighted by molar-refractivity contribution is 8.04. The molecule has 0 fully saturated rings. The first-order chi connectivity index (χ1) is 12.6. The van der Waals surface area contributed by atoms with Crippen molar-refractivity contribution in [1.29, 1.82) is 10.5 Å². The normalized spacial score (nSPS) is 19.5. The van der Waals surface area contributed by atoms with Gasteiger partial charge in [0.15, 0.2) is 0 Å². The van der Waals surface area contributed by atoms with Gasteiger partial charge in [-0.15, -0.1) is 0 Å². The molecule has 2 N–H and O–H groups in total. The van der Waals surface area contributed by atoms with Crippen LogP contribution in [0.1, 0.15) is 20.8 Å². The monoisotopic (exact) mass is 406 g/mol. The molecular formula is C18H16ClFN4O2S. The first-order valence-electron chi connectivity index (χ1n) is 7.89. The number of carbonyl (C=O) groups excluding carboxylic acids is 2. The Kier molecular flexibility index (Phi) is 6.15. The van der Waals surface area contributed by atoms with E-state index in [0.29, 0.717) is 0 Å². The topological polar surface area (TPSA) is 106 Å². The largest absolute Gasteiger partial charge is 0.323 e. The SMILES string of the molecule is C[C@H](SC1=C(C#N)C(C)(C)[C@H](C#N)C(=O)N1)C(=O)Nc1ccc(Cl)cc1F. The van der Waals surface area contributed by atoms with Crippen molar-refractivity contribution in [3.8, 4) is 12.1 Å². The lowest BCUT2D eigenvalue weighted by Gasteiger charge is -2.35. The third kappa shape index (κ3) is 4.24. The van der Waals surface area contributed by atoms with Crippen molar-refractivity contribution < 1.29 is 14.0 Å². The van der Waals surface area contributed by atoms with Crippen molar-refractivity contribution in [2.75, 3.05) is 5.32 Å². The minimum Gasteiger partial charge on any atom is -0.323 e. The second-order valence-electron chi connectivity index (χ2n) is 6.46. The fourth-order valence-corrected chi connectivity index (χ4v) is 3.83. The van der Waals surface area contributed by atoms with E-state index in [9.17, 15) is 24.5 Å². The highest BCUT2D eigenvalue weighted by Gasteiger charge is 2.45. The Morgan fingerprint density at radius 2 is 2.11 bits per heavy atom. The Morgan fingerprint density at radius 1 is 1.44 bits per heavy atom. The lowest BCUT2D eigenvalue weighted by atomic mass is 9.72. The number of halogens is 2. The van der Waals surface area contributed by atoms with Crippen molar-refractivity contribution in [1.82, 2.24) is 5.32 Å². The first-order valence-corrected chi connectivity index (χ1v) is 9.15. The number of benzene rings is 1. The van der Waals surface area contributed by atoms with Crippen LogP contribution in [0.25, 0.3) is 0 Å². The van der Waals surface area contributed by atoms with Gasteiger partial charge in [0.25, 0.3) is 0 Å². The molecule has 0 saturated carbocycles. The van der Waals surface area contributed by atoms with Crippen LogP contribution in [-0.2, 0) is 9.59 Å². The smallest absolute Gasteiger partial charge is 0.243 e. The summed E-state index contributed by atoms with van der Waals surface area (Å²) in [4.78, 5) is 24.6. The molecule has 0 bridgehead atoms. The van der Waals surface area contributed by atoms with E-state index >= 15 is 0 Å². The molecule has 0 aromatic heterocycles. The van der Waals surface area contributed by atoms with Crippen LogP contribution in [0.3, 0.4) is 0 Å². The van der Waals surface area contributed by atoms with Crippen molar-refractivity contribution in [3.63, 3.8) is 0 Å². The fraction of sp³-hybridized carbons (Fsp3) is 0.333. The number of nitriles is 2. The molecule has 9 heteroatoms. The van der Waals surface area contributed by atoms with E-state index in [-0.39, 0.29) is 21.3 Å². The van der Waals surface area contributed by atoms with Gasteiger partial charge >= 0.3 is 0 Å². The fourth-order valence-electron chi connectivity index (χ4n) is 2.57. The zero-order valence-electron chi connectivity index (χ0n) is 14.8. The minimum absolute atomic E-state index is 0.0242. The molecule has 6 nitrogen and oxygen atoms in total. The number of hydrogen-bond donors (Lipinski definition) is 2. The second kappa shape index (κ2) is 7.99. The van der Waals surface area contributed by atoms with Crippen LogP contribution in [0.15, 0.2) is 28.8 Å². The quantitative estimate of drug-likeness (QED) is 0.795. The summed E-state index contributed by atoms with van der Waals surface area (Å²) in [5, 5.41) is 23.4. The molecule has 1 heterocycles. The van der Waals surface area contributed by atoms with Crippen molar-refractivity contribution in [3.05, 3.63) is 39.6 Å². The zero-order valence-corrected chi connectivity index (χ0v) is 16.3. The molecule has 0 radical (unpaired) electrons. The Balaban J connectivity index is 2.23. The number of anilines is 1. The van der Waals surface area contributed by atoms with Gasteiger partial charge in [-0.3, -0.25) is 9.59 Å². The van der Waals surface area contributed by atoms with Gasteiger partial charge in [-0.2, -0.15) is 10.5 Å². The van der Waals surface area contributed by atoms with E-state index in [0.717, 1.165) is 17.8 Å². The molecule has 140 valence electrons. The standard InChI is InChI=1S/C18H16ClFN4O2S/c1-9(15(25)23-14-5-4-10(19)6-13(14)20)27-17-12(8-22)18(2,3)11(7-21)16(26)24-17/h4-6,9,11H,1-3H3,(H,23,25)(H,24,26)/t9-,11+/m0/s1. The number of nitrogens with zero attached hydrogens (tertiary/aromatic N) is 2. The molecule has 1 aliphatic rings. The van der Waals surface area contributed by atoms with Crippen molar-refractivity contribution >= 4 is 40.9 Å². The number of allylic oxidation sites excluding steroid dienone is 1. The van der Waals surface area contributed by atoms with Gasteiger partial charge in [0, 0.05) is 10.4 Å². The summed E-state index contributed by atoms with van der Waals surface area (Å²) < 4.78 is 13.8. The van der Waals surface area contributed by atoms with Crippen LogP contribution in [0.4, 0.5) is 10.1 Å².